The first-order valence-electron chi connectivity index (χ1n) is 4.88. The fraction of sp³-hybridized carbons (Fsp3) is 0.182. The Kier molecular flexibility index (Phi) is 2.52. The monoisotopic (exact) mass is 220 g/mol. The van der Waals surface area contributed by atoms with Crippen molar-refractivity contribution < 1.29 is 4.39 Å². The quantitative estimate of drug-likeness (QED) is 0.763. The molecular formula is C11H13FN4. The van der Waals surface area contributed by atoms with Crippen LogP contribution in [-0.2, 0) is 7.05 Å². The second kappa shape index (κ2) is 3.84. The molecule has 0 radical (unpaired) electrons. The number of hydrogen-bond acceptors (Lipinski definition) is 3. The molecule has 0 atom stereocenters. The Balaban J connectivity index is 2.30. The minimum absolute atomic E-state index is 0.372. The average Bonchev–Trinajstić information content (AvgIpc) is 2.50. The van der Waals surface area contributed by atoms with Crippen LogP contribution in [0.1, 0.15) is 5.69 Å². The summed E-state index contributed by atoms with van der Waals surface area (Å²) in [6, 6.07) is 4.54. The van der Waals surface area contributed by atoms with Gasteiger partial charge in [0.05, 0.1) is 17.1 Å². The normalized spacial score (nSPS) is 10.4. The number of nitrogens with one attached hydrogen (secondary N) is 1. The summed E-state index contributed by atoms with van der Waals surface area (Å²) in [6.07, 6.45) is 1.80. The van der Waals surface area contributed by atoms with E-state index in [1.165, 1.54) is 6.07 Å². The molecule has 5 heteroatoms. The van der Waals surface area contributed by atoms with Crippen LogP contribution < -0.4 is 11.1 Å². The van der Waals surface area contributed by atoms with Crippen LogP contribution in [0.25, 0.3) is 0 Å². The molecule has 0 aliphatic heterocycles. The third-order valence-electron chi connectivity index (χ3n) is 2.28. The van der Waals surface area contributed by atoms with Crippen LogP contribution in [0.4, 0.5) is 21.5 Å². The Labute approximate surface area is 92.9 Å². The highest BCUT2D eigenvalue weighted by Gasteiger charge is 2.06. The zero-order valence-corrected chi connectivity index (χ0v) is 9.16. The first-order chi connectivity index (χ1) is 7.56. The van der Waals surface area contributed by atoms with Crippen LogP contribution in [0.3, 0.4) is 0 Å². The molecule has 3 N–H and O–H groups in total. The largest absolute Gasteiger partial charge is 0.399 e. The third-order valence-corrected chi connectivity index (χ3v) is 2.28. The van der Waals surface area contributed by atoms with Crippen molar-refractivity contribution in [2.75, 3.05) is 11.1 Å². The standard InChI is InChI=1S/C11H13FN4/c1-7-11(6-16(2)15-7)14-10-4-3-8(13)5-9(10)12/h3-6,14H,13H2,1-2H3. The van der Waals surface area contributed by atoms with Gasteiger partial charge in [0, 0.05) is 18.9 Å². The fourth-order valence-electron chi connectivity index (χ4n) is 1.50. The first-order valence-corrected chi connectivity index (χ1v) is 4.88. The maximum atomic E-state index is 13.5. The SMILES string of the molecule is Cc1nn(C)cc1Nc1ccc(N)cc1F. The maximum Gasteiger partial charge on any atom is 0.148 e. The summed E-state index contributed by atoms with van der Waals surface area (Å²) >= 11 is 0. The predicted molar refractivity (Wildman–Crippen MR) is 62.0 cm³/mol. The van der Waals surface area contributed by atoms with Crippen molar-refractivity contribution in [3.05, 3.63) is 35.9 Å². The van der Waals surface area contributed by atoms with Gasteiger partial charge in [0.25, 0.3) is 0 Å². The third kappa shape index (κ3) is 1.98. The molecule has 0 fully saturated rings. The number of aryl methyl sites for hydroxylation is 2. The van der Waals surface area contributed by atoms with Crippen molar-refractivity contribution in [1.82, 2.24) is 9.78 Å². The highest BCUT2D eigenvalue weighted by molar-refractivity contribution is 5.63. The molecule has 0 spiro atoms. The van der Waals surface area contributed by atoms with E-state index in [4.69, 9.17) is 5.73 Å². The van der Waals surface area contributed by atoms with E-state index in [-0.39, 0.29) is 5.82 Å². The fourth-order valence-corrected chi connectivity index (χ4v) is 1.50. The van der Waals surface area contributed by atoms with Gasteiger partial charge in [-0.3, -0.25) is 4.68 Å². The molecule has 0 saturated heterocycles. The number of rotatable bonds is 2. The lowest BCUT2D eigenvalue weighted by Gasteiger charge is -2.06. The summed E-state index contributed by atoms with van der Waals surface area (Å²) in [6.45, 7) is 1.86. The Morgan fingerprint density at radius 3 is 2.69 bits per heavy atom. The summed E-state index contributed by atoms with van der Waals surface area (Å²) in [5.74, 6) is -0.372. The summed E-state index contributed by atoms with van der Waals surface area (Å²) in [5.41, 5.74) is 7.87. The summed E-state index contributed by atoms with van der Waals surface area (Å²) < 4.78 is 15.2. The van der Waals surface area contributed by atoms with E-state index in [2.05, 4.69) is 10.4 Å². The zero-order chi connectivity index (χ0) is 11.7. The van der Waals surface area contributed by atoms with Crippen molar-refractivity contribution >= 4 is 17.1 Å². The van der Waals surface area contributed by atoms with Crippen LogP contribution in [0.15, 0.2) is 24.4 Å². The number of nitrogens with two attached hydrogens (primary N) is 1. The van der Waals surface area contributed by atoms with Gasteiger partial charge < -0.3 is 11.1 Å². The van der Waals surface area contributed by atoms with Gasteiger partial charge in [0.1, 0.15) is 5.82 Å². The molecule has 16 heavy (non-hydrogen) atoms. The van der Waals surface area contributed by atoms with Crippen LogP contribution in [-0.4, -0.2) is 9.78 Å². The Morgan fingerprint density at radius 1 is 1.38 bits per heavy atom. The second-order valence-corrected chi connectivity index (χ2v) is 3.67. The summed E-state index contributed by atoms with van der Waals surface area (Å²) in [4.78, 5) is 0. The Hall–Kier alpha value is -2.04. The van der Waals surface area contributed by atoms with Crippen LogP contribution >= 0.6 is 0 Å². The highest BCUT2D eigenvalue weighted by atomic mass is 19.1. The minimum atomic E-state index is -0.372. The van der Waals surface area contributed by atoms with Crippen molar-refractivity contribution in [2.45, 2.75) is 6.92 Å². The van der Waals surface area contributed by atoms with Gasteiger partial charge in [-0.2, -0.15) is 5.10 Å². The number of hydrogen-bond donors (Lipinski definition) is 2. The van der Waals surface area contributed by atoms with E-state index in [1.807, 2.05) is 14.0 Å². The minimum Gasteiger partial charge on any atom is -0.399 e. The number of nitrogens with zero attached hydrogens (tertiary/aromatic N) is 2. The van der Waals surface area contributed by atoms with Crippen molar-refractivity contribution in [2.24, 2.45) is 7.05 Å². The molecule has 1 aromatic carbocycles. The number of benzene rings is 1. The summed E-state index contributed by atoms with van der Waals surface area (Å²) in [5, 5.41) is 7.14. The Bertz CT molecular complexity index is 519. The van der Waals surface area contributed by atoms with E-state index >= 15 is 0 Å². The van der Waals surface area contributed by atoms with Crippen molar-refractivity contribution in [1.29, 1.82) is 0 Å². The number of anilines is 3. The predicted octanol–water partition coefficient (Wildman–Crippen LogP) is 2.19. The highest BCUT2D eigenvalue weighted by Crippen LogP contribution is 2.23. The van der Waals surface area contributed by atoms with Gasteiger partial charge in [-0.05, 0) is 25.1 Å². The molecule has 0 saturated carbocycles. The lowest BCUT2D eigenvalue weighted by molar-refractivity contribution is 0.632. The molecule has 0 amide bonds. The molecule has 84 valence electrons. The zero-order valence-electron chi connectivity index (χ0n) is 9.16. The molecule has 2 rings (SSSR count). The van der Waals surface area contributed by atoms with E-state index in [9.17, 15) is 4.39 Å². The lowest BCUT2D eigenvalue weighted by Crippen LogP contribution is -1.95. The molecule has 0 aliphatic rings. The molecular weight excluding hydrogens is 207 g/mol. The van der Waals surface area contributed by atoms with Gasteiger partial charge in [0.2, 0.25) is 0 Å². The molecule has 0 unspecified atom stereocenters. The van der Waals surface area contributed by atoms with Gasteiger partial charge in [-0.15, -0.1) is 0 Å². The van der Waals surface area contributed by atoms with Gasteiger partial charge in [0.15, 0.2) is 0 Å². The summed E-state index contributed by atoms with van der Waals surface area (Å²) in [7, 11) is 1.82. The van der Waals surface area contributed by atoms with E-state index in [1.54, 1.807) is 23.0 Å². The number of nitrogen functional groups attached to an aromatic ring is 1. The van der Waals surface area contributed by atoms with Crippen LogP contribution in [0, 0.1) is 12.7 Å². The number of halogens is 1. The molecule has 0 bridgehead atoms. The van der Waals surface area contributed by atoms with Crippen molar-refractivity contribution in [3.63, 3.8) is 0 Å². The smallest absolute Gasteiger partial charge is 0.148 e. The second-order valence-electron chi connectivity index (χ2n) is 3.67. The number of aromatic nitrogens is 2. The molecule has 0 aliphatic carbocycles. The van der Waals surface area contributed by atoms with Crippen LogP contribution in [0.2, 0.25) is 0 Å². The molecule has 2 aromatic rings. The van der Waals surface area contributed by atoms with Crippen molar-refractivity contribution in [3.8, 4) is 0 Å². The van der Waals surface area contributed by atoms with Gasteiger partial charge in [-0.25, -0.2) is 4.39 Å². The van der Waals surface area contributed by atoms with E-state index in [0.717, 1.165) is 11.4 Å². The maximum absolute atomic E-state index is 13.5. The van der Waals surface area contributed by atoms with Gasteiger partial charge in [-0.1, -0.05) is 0 Å². The lowest BCUT2D eigenvalue weighted by atomic mass is 10.2. The average molecular weight is 220 g/mol. The van der Waals surface area contributed by atoms with Gasteiger partial charge >= 0.3 is 0 Å². The van der Waals surface area contributed by atoms with E-state index < -0.39 is 0 Å². The first kappa shape index (κ1) is 10.5. The topological polar surface area (TPSA) is 55.9 Å². The molecule has 1 aromatic heterocycles. The van der Waals surface area contributed by atoms with E-state index in [0.29, 0.717) is 11.4 Å². The van der Waals surface area contributed by atoms with Crippen LogP contribution in [0.5, 0.6) is 0 Å². The Morgan fingerprint density at radius 2 is 2.12 bits per heavy atom. The molecule has 1 heterocycles. The molecule has 4 nitrogen and oxygen atoms in total.